The van der Waals surface area contributed by atoms with Gasteiger partial charge in [0.25, 0.3) is 0 Å². The predicted molar refractivity (Wildman–Crippen MR) is 128 cm³/mol. The van der Waals surface area contributed by atoms with Crippen molar-refractivity contribution in [2.45, 2.75) is 19.4 Å². The highest BCUT2D eigenvalue weighted by Gasteiger charge is 2.32. The van der Waals surface area contributed by atoms with E-state index in [2.05, 4.69) is 23.7 Å². The molecule has 5 rings (SSSR count). The molecule has 1 aromatic carbocycles. The van der Waals surface area contributed by atoms with Crippen molar-refractivity contribution in [1.82, 2.24) is 19.7 Å². The average molecular weight is 461 g/mol. The number of halogens is 1. The van der Waals surface area contributed by atoms with Crippen LogP contribution < -0.4 is 0 Å². The molecule has 5 nitrogen and oxygen atoms in total. The van der Waals surface area contributed by atoms with E-state index in [4.69, 9.17) is 16.7 Å². The van der Waals surface area contributed by atoms with Crippen molar-refractivity contribution < 1.29 is 4.79 Å². The summed E-state index contributed by atoms with van der Waals surface area (Å²) in [4.78, 5) is 19.9. The van der Waals surface area contributed by atoms with Crippen LogP contribution in [0.2, 0.25) is 4.34 Å². The number of pyridine rings is 1. The second-order valence-electron chi connectivity index (χ2n) is 7.75. The first-order valence-electron chi connectivity index (χ1n) is 10.3. The Balaban J connectivity index is 1.62. The van der Waals surface area contributed by atoms with Crippen LogP contribution in [0.3, 0.4) is 0 Å². The summed E-state index contributed by atoms with van der Waals surface area (Å²) in [5.41, 5.74) is 5.39. The Morgan fingerprint density at radius 1 is 1.19 bits per heavy atom. The molecule has 1 aliphatic rings. The van der Waals surface area contributed by atoms with Gasteiger partial charge in [0.05, 0.1) is 16.6 Å². The molecule has 0 saturated carbocycles. The molecular formula is C25H21ClN4OS. The molecule has 0 saturated heterocycles. The predicted octanol–water partition coefficient (Wildman–Crippen LogP) is 5.62. The molecule has 1 amide bonds. The van der Waals surface area contributed by atoms with Gasteiger partial charge in [0.2, 0.25) is 5.91 Å². The van der Waals surface area contributed by atoms with Gasteiger partial charge < -0.3 is 4.90 Å². The number of aromatic nitrogens is 3. The molecule has 1 aliphatic heterocycles. The van der Waals surface area contributed by atoms with Gasteiger partial charge in [-0.15, -0.1) is 11.3 Å². The van der Waals surface area contributed by atoms with Crippen molar-refractivity contribution in [2.24, 2.45) is 0 Å². The minimum Gasteiger partial charge on any atom is -0.333 e. The number of fused-ring (bicyclic) bond motifs is 1. The van der Waals surface area contributed by atoms with Crippen LogP contribution in [-0.4, -0.2) is 32.1 Å². The Bertz CT molecular complexity index is 1310. The SMILES string of the molecule is C=CC(=O)N1Cc2sc(Cl)cc2[C@@H](c2ccccc2-c2cn(-c3ccccn3)nc2C)C1. The number of benzene rings is 1. The summed E-state index contributed by atoms with van der Waals surface area (Å²) in [7, 11) is 0. The van der Waals surface area contributed by atoms with Gasteiger partial charge in [-0.2, -0.15) is 5.10 Å². The van der Waals surface area contributed by atoms with Gasteiger partial charge in [0, 0.05) is 35.3 Å². The van der Waals surface area contributed by atoms with Gasteiger partial charge in [-0.25, -0.2) is 9.67 Å². The molecule has 0 N–H and O–H groups in total. The zero-order chi connectivity index (χ0) is 22.2. The first kappa shape index (κ1) is 20.7. The molecule has 0 aliphatic carbocycles. The normalized spacial score (nSPS) is 15.4. The molecule has 0 bridgehead atoms. The molecule has 0 unspecified atom stereocenters. The molecular weight excluding hydrogens is 440 g/mol. The van der Waals surface area contributed by atoms with E-state index in [1.165, 1.54) is 23.0 Å². The third-order valence-corrected chi connectivity index (χ3v) is 7.08. The summed E-state index contributed by atoms with van der Waals surface area (Å²) in [5.74, 6) is 0.716. The molecule has 1 atom stereocenters. The molecule has 4 heterocycles. The molecule has 0 fully saturated rings. The number of aryl methyl sites for hydroxylation is 1. The largest absolute Gasteiger partial charge is 0.333 e. The van der Waals surface area contributed by atoms with E-state index in [0.717, 1.165) is 37.4 Å². The summed E-state index contributed by atoms with van der Waals surface area (Å²) in [6.07, 6.45) is 5.16. The van der Waals surface area contributed by atoms with Crippen LogP contribution in [0.15, 0.2) is 73.6 Å². The number of carbonyl (C=O) groups excluding carboxylic acids is 1. The number of thiophene rings is 1. The summed E-state index contributed by atoms with van der Waals surface area (Å²) in [6, 6.07) is 16.1. The zero-order valence-electron chi connectivity index (χ0n) is 17.5. The summed E-state index contributed by atoms with van der Waals surface area (Å²) in [6.45, 7) is 6.82. The molecule has 32 heavy (non-hydrogen) atoms. The average Bonchev–Trinajstić information content (AvgIpc) is 3.40. The first-order valence-corrected chi connectivity index (χ1v) is 11.5. The highest BCUT2D eigenvalue weighted by atomic mass is 35.5. The lowest BCUT2D eigenvalue weighted by Gasteiger charge is -2.33. The van der Waals surface area contributed by atoms with E-state index < -0.39 is 0 Å². The Labute approximate surface area is 195 Å². The Kier molecular flexibility index (Phi) is 5.41. The molecule has 0 radical (unpaired) electrons. The number of carbonyl (C=O) groups is 1. The summed E-state index contributed by atoms with van der Waals surface area (Å²) in [5, 5.41) is 4.71. The van der Waals surface area contributed by atoms with Crippen molar-refractivity contribution in [3.63, 3.8) is 0 Å². The van der Waals surface area contributed by atoms with E-state index in [0.29, 0.717) is 13.1 Å². The zero-order valence-corrected chi connectivity index (χ0v) is 19.1. The smallest absolute Gasteiger partial charge is 0.246 e. The maximum atomic E-state index is 12.5. The molecule has 4 aromatic rings. The highest BCUT2D eigenvalue weighted by molar-refractivity contribution is 7.16. The van der Waals surface area contributed by atoms with Gasteiger partial charge in [-0.05, 0) is 47.9 Å². The fraction of sp³-hybridized carbons (Fsp3) is 0.160. The topological polar surface area (TPSA) is 51.0 Å². The molecule has 0 spiro atoms. The number of nitrogens with zero attached hydrogens (tertiary/aromatic N) is 4. The summed E-state index contributed by atoms with van der Waals surface area (Å²) < 4.78 is 2.55. The van der Waals surface area contributed by atoms with Gasteiger partial charge in [0.1, 0.15) is 0 Å². The fourth-order valence-electron chi connectivity index (χ4n) is 4.32. The van der Waals surface area contributed by atoms with E-state index in [-0.39, 0.29) is 11.8 Å². The van der Waals surface area contributed by atoms with Crippen molar-refractivity contribution in [3.8, 4) is 16.9 Å². The van der Waals surface area contributed by atoms with E-state index in [1.807, 2.05) is 59.1 Å². The fourth-order valence-corrected chi connectivity index (χ4v) is 5.68. The van der Waals surface area contributed by atoms with Gasteiger partial charge >= 0.3 is 0 Å². The van der Waals surface area contributed by atoms with Crippen LogP contribution in [0, 0.1) is 6.92 Å². The highest BCUT2D eigenvalue weighted by Crippen LogP contribution is 2.43. The molecule has 3 aromatic heterocycles. The number of hydrogen-bond acceptors (Lipinski definition) is 4. The van der Waals surface area contributed by atoms with Crippen molar-refractivity contribution in [2.75, 3.05) is 6.54 Å². The van der Waals surface area contributed by atoms with Gasteiger partial charge in [-0.3, -0.25) is 4.79 Å². The standard InChI is InChI=1S/C25H21ClN4OS/c1-3-25(31)29-13-21(19-12-23(26)32-22(19)15-29)18-9-5-4-8-17(18)20-14-30(28-16(20)2)24-10-6-7-11-27-24/h3-12,14,21H,1,13,15H2,2H3/t21-/m1/s1. The monoisotopic (exact) mass is 460 g/mol. The first-order chi connectivity index (χ1) is 15.5. The van der Waals surface area contributed by atoms with Crippen LogP contribution in [0.4, 0.5) is 0 Å². The second kappa shape index (κ2) is 8.37. The Morgan fingerprint density at radius 2 is 2.00 bits per heavy atom. The van der Waals surface area contributed by atoms with E-state index >= 15 is 0 Å². The lowest BCUT2D eigenvalue weighted by Crippen LogP contribution is -2.37. The molecule has 7 heteroatoms. The molecule has 160 valence electrons. The minimum absolute atomic E-state index is 0.0141. The minimum atomic E-state index is -0.0678. The number of hydrogen-bond donors (Lipinski definition) is 0. The lowest BCUT2D eigenvalue weighted by molar-refractivity contribution is -0.127. The maximum Gasteiger partial charge on any atom is 0.246 e. The van der Waals surface area contributed by atoms with Gasteiger partial charge in [0.15, 0.2) is 5.82 Å². The van der Waals surface area contributed by atoms with Crippen molar-refractivity contribution in [1.29, 1.82) is 0 Å². The Morgan fingerprint density at radius 3 is 2.78 bits per heavy atom. The number of amides is 1. The van der Waals surface area contributed by atoms with Crippen LogP contribution in [-0.2, 0) is 11.3 Å². The van der Waals surface area contributed by atoms with E-state index in [1.54, 1.807) is 6.20 Å². The van der Waals surface area contributed by atoms with Crippen molar-refractivity contribution in [3.05, 3.63) is 99.6 Å². The number of rotatable bonds is 4. The quantitative estimate of drug-likeness (QED) is 0.371. The van der Waals surface area contributed by atoms with Crippen LogP contribution in [0.1, 0.15) is 27.6 Å². The van der Waals surface area contributed by atoms with Crippen LogP contribution in [0.5, 0.6) is 0 Å². The Hall–Kier alpha value is -3.22. The summed E-state index contributed by atoms with van der Waals surface area (Å²) >= 11 is 7.93. The van der Waals surface area contributed by atoms with E-state index in [9.17, 15) is 4.79 Å². The second-order valence-corrected chi connectivity index (χ2v) is 9.52. The maximum absolute atomic E-state index is 12.5. The van der Waals surface area contributed by atoms with Gasteiger partial charge in [-0.1, -0.05) is 48.5 Å². The van der Waals surface area contributed by atoms with Crippen LogP contribution in [0.25, 0.3) is 16.9 Å². The third kappa shape index (κ3) is 3.66. The lowest BCUT2D eigenvalue weighted by atomic mass is 9.84. The third-order valence-electron chi connectivity index (χ3n) is 5.82. The van der Waals surface area contributed by atoms with Crippen molar-refractivity contribution >= 4 is 28.8 Å². The van der Waals surface area contributed by atoms with Crippen LogP contribution >= 0.6 is 22.9 Å².